The Balaban J connectivity index is 1.92. The highest BCUT2D eigenvalue weighted by Gasteiger charge is 2.14. The number of aromatic hydroxyl groups is 1. The second kappa shape index (κ2) is 7.32. The number of phenolic OH excluding ortho intramolecular Hbond substituents is 1. The number of methoxy groups -OCH3 is 1. The van der Waals surface area contributed by atoms with Crippen LogP contribution in [0.2, 0.25) is 0 Å². The zero-order chi connectivity index (χ0) is 19.7. The van der Waals surface area contributed by atoms with Crippen molar-refractivity contribution in [3.63, 3.8) is 0 Å². The molecule has 0 aliphatic heterocycles. The Kier molecular flexibility index (Phi) is 4.71. The van der Waals surface area contributed by atoms with Crippen LogP contribution in [0.25, 0.3) is 33.5 Å². The molecule has 0 radical (unpaired) electrons. The first-order valence-electron chi connectivity index (χ1n) is 8.83. The van der Waals surface area contributed by atoms with Gasteiger partial charge in [0.05, 0.1) is 17.4 Å². The van der Waals surface area contributed by atoms with Crippen LogP contribution in [-0.2, 0) is 4.74 Å². The molecule has 4 aromatic rings. The van der Waals surface area contributed by atoms with Crippen molar-refractivity contribution >= 4 is 10.9 Å². The second-order valence-electron chi connectivity index (χ2n) is 6.61. The Hall–Kier alpha value is -3.38. The molecule has 6 heteroatoms. The van der Waals surface area contributed by atoms with Crippen molar-refractivity contribution in [3.8, 4) is 34.1 Å². The highest BCUT2D eigenvalue weighted by atomic mass is 16.7. The summed E-state index contributed by atoms with van der Waals surface area (Å²) >= 11 is 0. The molecule has 0 fully saturated rings. The molecule has 4 rings (SSSR count). The van der Waals surface area contributed by atoms with Crippen LogP contribution in [0.3, 0.4) is 0 Å². The van der Waals surface area contributed by atoms with Crippen LogP contribution in [0.15, 0.2) is 53.4 Å². The lowest BCUT2D eigenvalue weighted by molar-refractivity contribution is 0.0522. The summed E-state index contributed by atoms with van der Waals surface area (Å²) in [5, 5.41) is 10.9. The van der Waals surface area contributed by atoms with E-state index in [9.17, 15) is 5.11 Å². The maximum absolute atomic E-state index is 10.1. The molecular formula is C22H20N2O4. The number of hydrogen-bond acceptors (Lipinski definition) is 6. The van der Waals surface area contributed by atoms with Crippen molar-refractivity contribution in [2.24, 2.45) is 0 Å². The van der Waals surface area contributed by atoms with Crippen LogP contribution in [0.4, 0.5) is 0 Å². The standard InChI is InChI=1S/C22H20N2O4/c1-13-4-5-15(7-20(13)25)18-9-21(28-12-26-3)17-8-16(22-10-23-11-27-22)14(2)6-19(17)24-18/h4-11,25H,12H2,1-3H3. The van der Waals surface area contributed by atoms with Gasteiger partial charge >= 0.3 is 0 Å². The molecule has 0 saturated heterocycles. The fraction of sp³-hybridized carbons (Fsp3) is 0.182. The summed E-state index contributed by atoms with van der Waals surface area (Å²) in [5.74, 6) is 1.56. The number of aromatic nitrogens is 2. The van der Waals surface area contributed by atoms with Gasteiger partial charge in [-0.25, -0.2) is 9.97 Å². The van der Waals surface area contributed by atoms with E-state index < -0.39 is 0 Å². The minimum absolute atomic E-state index is 0.114. The van der Waals surface area contributed by atoms with Crippen molar-refractivity contribution in [1.82, 2.24) is 9.97 Å². The van der Waals surface area contributed by atoms with Gasteiger partial charge in [-0.2, -0.15) is 0 Å². The average molecular weight is 376 g/mol. The summed E-state index contributed by atoms with van der Waals surface area (Å²) in [5.41, 5.74) is 5.05. The summed E-state index contributed by atoms with van der Waals surface area (Å²) in [7, 11) is 1.58. The van der Waals surface area contributed by atoms with Crippen molar-refractivity contribution in [2.45, 2.75) is 13.8 Å². The van der Waals surface area contributed by atoms with E-state index in [1.807, 2.05) is 44.2 Å². The first-order chi connectivity index (χ1) is 13.6. The fourth-order valence-electron chi connectivity index (χ4n) is 3.12. The van der Waals surface area contributed by atoms with Gasteiger partial charge in [0.15, 0.2) is 18.9 Å². The Morgan fingerprint density at radius 3 is 2.64 bits per heavy atom. The van der Waals surface area contributed by atoms with Gasteiger partial charge in [0.1, 0.15) is 11.5 Å². The second-order valence-corrected chi connectivity index (χ2v) is 6.61. The predicted octanol–water partition coefficient (Wildman–Crippen LogP) is 4.86. The summed E-state index contributed by atoms with van der Waals surface area (Å²) in [6.45, 7) is 3.97. The van der Waals surface area contributed by atoms with Crippen LogP contribution in [0, 0.1) is 13.8 Å². The Morgan fingerprint density at radius 1 is 1.07 bits per heavy atom. The van der Waals surface area contributed by atoms with Gasteiger partial charge in [0.2, 0.25) is 0 Å². The quantitative estimate of drug-likeness (QED) is 0.501. The van der Waals surface area contributed by atoms with Crippen molar-refractivity contribution in [2.75, 3.05) is 13.9 Å². The molecule has 2 heterocycles. The minimum atomic E-state index is 0.114. The molecule has 0 spiro atoms. The van der Waals surface area contributed by atoms with E-state index in [1.165, 1.54) is 6.39 Å². The number of fused-ring (bicyclic) bond motifs is 1. The molecule has 0 unspecified atom stereocenters. The number of hydrogen-bond donors (Lipinski definition) is 1. The predicted molar refractivity (Wildman–Crippen MR) is 106 cm³/mol. The van der Waals surface area contributed by atoms with Crippen LogP contribution in [0.5, 0.6) is 11.5 Å². The van der Waals surface area contributed by atoms with E-state index in [0.29, 0.717) is 17.2 Å². The third-order valence-electron chi connectivity index (χ3n) is 4.65. The molecule has 142 valence electrons. The maximum Gasteiger partial charge on any atom is 0.188 e. The summed E-state index contributed by atoms with van der Waals surface area (Å²) in [6.07, 6.45) is 3.09. The highest BCUT2D eigenvalue weighted by Crippen LogP contribution is 2.36. The smallest absolute Gasteiger partial charge is 0.188 e. The average Bonchev–Trinajstić information content (AvgIpc) is 3.22. The molecular weight excluding hydrogens is 356 g/mol. The first kappa shape index (κ1) is 18.0. The lowest BCUT2D eigenvalue weighted by atomic mass is 10.0. The molecule has 6 nitrogen and oxygen atoms in total. The number of aryl methyl sites for hydroxylation is 2. The third kappa shape index (κ3) is 3.30. The molecule has 1 N–H and O–H groups in total. The number of pyridine rings is 1. The minimum Gasteiger partial charge on any atom is -0.508 e. The molecule has 0 atom stereocenters. The molecule has 0 bridgehead atoms. The molecule has 0 saturated carbocycles. The normalized spacial score (nSPS) is 11.1. The SMILES string of the molecule is COCOc1cc(-c2ccc(C)c(O)c2)nc2cc(C)c(-c3cnco3)cc12. The topological polar surface area (TPSA) is 77.6 Å². The third-order valence-corrected chi connectivity index (χ3v) is 4.65. The van der Waals surface area contributed by atoms with Gasteiger partial charge in [-0.3, -0.25) is 0 Å². The molecule has 0 aliphatic carbocycles. The number of rotatable bonds is 5. The van der Waals surface area contributed by atoms with Crippen molar-refractivity contribution in [3.05, 3.63) is 60.1 Å². The largest absolute Gasteiger partial charge is 0.508 e. The number of oxazole rings is 1. The van der Waals surface area contributed by atoms with E-state index in [0.717, 1.165) is 33.2 Å². The van der Waals surface area contributed by atoms with Crippen LogP contribution in [-0.4, -0.2) is 29.0 Å². The van der Waals surface area contributed by atoms with Gasteiger partial charge in [0.25, 0.3) is 0 Å². The first-order valence-corrected chi connectivity index (χ1v) is 8.83. The van der Waals surface area contributed by atoms with Gasteiger partial charge < -0.3 is 19.0 Å². The molecule has 0 aliphatic rings. The van der Waals surface area contributed by atoms with Crippen LogP contribution < -0.4 is 4.74 Å². The summed E-state index contributed by atoms with van der Waals surface area (Å²) in [6, 6.07) is 11.3. The lowest BCUT2D eigenvalue weighted by Crippen LogP contribution is -2.01. The lowest BCUT2D eigenvalue weighted by Gasteiger charge is -2.13. The molecule has 28 heavy (non-hydrogen) atoms. The highest BCUT2D eigenvalue weighted by molar-refractivity contribution is 5.92. The van der Waals surface area contributed by atoms with Crippen molar-refractivity contribution in [1.29, 1.82) is 0 Å². The summed E-state index contributed by atoms with van der Waals surface area (Å²) < 4.78 is 16.4. The van der Waals surface area contributed by atoms with E-state index in [1.54, 1.807) is 19.4 Å². The Morgan fingerprint density at radius 2 is 1.93 bits per heavy atom. The Labute approximate surface area is 162 Å². The van der Waals surface area contributed by atoms with Gasteiger partial charge in [-0.05, 0) is 43.2 Å². The fourth-order valence-corrected chi connectivity index (χ4v) is 3.12. The van der Waals surface area contributed by atoms with Crippen LogP contribution in [0.1, 0.15) is 11.1 Å². The number of nitrogens with zero attached hydrogens (tertiary/aromatic N) is 2. The zero-order valence-corrected chi connectivity index (χ0v) is 15.9. The Bertz CT molecular complexity index is 1140. The number of ether oxygens (including phenoxy) is 2. The summed E-state index contributed by atoms with van der Waals surface area (Å²) in [4.78, 5) is 8.79. The zero-order valence-electron chi connectivity index (χ0n) is 15.9. The molecule has 2 aromatic carbocycles. The van der Waals surface area contributed by atoms with Crippen LogP contribution >= 0.6 is 0 Å². The van der Waals surface area contributed by atoms with Gasteiger partial charge in [-0.1, -0.05) is 12.1 Å². The van der Waals surface area contributed by atoms with E-state index >= 15 is 0 Å². The maximum atomic E-state index is 10.1. The van der Waals surface area contributed by atoms with Gasteiger partial charge in [-0.15, -0.1) is 0 Å². The van der Waals surface area contributed by atoms with E-state index in [-0.39, 0.29) is 12.5 Å². The number of phenols is 1. The van der Waals surface area contributed by atoms with Gasteiger partial charge in [0, 0.05) is 29.7 Å². The monoisotopic (exact) mass is 376 g/mol. The van der Waals surface area contributed by atoms with E-state index in [2.05, 4.69) is 4.98 Å². The molecule has 2 aromatic heterocycles. The number of benzene rings is 2. The van der Waals surface area contributed by atoms with E-state index in [4.69, 9.17) is 18.9 Å². The van der Waals surface area contributed by atoms with Crippen molar-refractivity contribution < 1.29 is 19.0 Å². The molecule has 0 amide bonds.